The Morgan fingerprint density at radius 1 is 0.500 bits per heavy atom. The molecular weight excluding hydrogens is 528 g/mol. The second kappa shape index (κ2) is 14.4. The molecule has 0 aliphatic heterocycles. The van der Waals surface area contributed by atoms with Crippen molar-refractivity contribution in [2.24, 2.45) is 20.5 Å². The van der Waals surface area contributed by atoms with Crippen LogP contribution in [0.5, 0.6) is 0 Å². The number of Topliss-reactive ketones (excluding diaryl/α,β-unsaturated/α-hetero) is 4. The Bertz CT molecular complexity index is 1470. The zero-order valence-electron chi connectivity index (χ0n) is 23.4. The Kier molecular flexibility index (Phi) is 10.2. The lowest BCUT2D eigenvalue weighted by atomic mass is 10.0. The first-order chi connectivity index (χ1) is 20.3. The van der Waals surface area contributed by atoms with Gasteiger partial charge in [0.15, 0.2) is 35.2 Å². The van der Waals surface area contributed by atoms with E-state index in [1.54, 1.807) is 24.3 Å². The molecule has 4 rings (SSSR count). The van der Waals surface area contributed by atoms with E-state index in [-0.39, 0.29) is 36.0 Å². The molecule has 0 bridgehead atoms. The van der Waals surface area contributed by atoms with E-state index in [1.807, 2.05) is 84.9 Å². The zero-order valence-corrected chi connectivity index (χ0v) is 23.4. The summed E-state index contributed by atoms with van der Waals surface area (Å²) in [5, 5.41) is 16.4. The van der Waals surface area contributed by atoms with Crippen LogP contribution in [0, 0.1) is 0 Å². The minimum absolute atomic E-state index is 0.109. The van der Waals surface area contributed by atoms with Crippen LogP contribution in [0.25, 0.3) is 11.1 Å². The molecule has 0 aliphatic rings. The molecule has 0 aromatic heterocycles. The average molecular weight is 559 g/mol. The van der Waals surface area contributed by atoms with E-state index in [4.69, 9.17) is 0 Å². The van der Waals surface area contributed by atoms with Crippen LogP contribution in [-0.2, 0) is 32.0 Å². The lowest BCUT2D eigenvalue weighted by Gasteiger charge is -2.07. The van der Waals surface area contributed by atoms with Gasteiger partial charge in [0.25, 0.3) is 0 Å². The Morgan fingerprint density at radius 2 is 0.833 bits per heavy atom. The minimum atomic E-state index is -1.15. The molecule has 2 atom stereocenters. The average Bonchev–Trinajstić information content (AvgIpc) is 2.99. The molecule has 8 nitrogen and oxygen atoms in total. The number of benzene rings is 4. The highest BCUT2D eigenvalue weighted by Crippen LogP contribution is 2.26. The summed E-state index contributed by atoms with van der Waals surface area (Å²) in [5.41, 5.74) is 4.46. The molecule has 42 heavy (non-hydrogen) atoms. The van der Waals surface area contributed by atoms with Gasteiger partial charge in [0.05, 0.1) is 11.4 Å². The van der Waals surface area contributed by atoms with Crippen molar-refractivity contribution in [3.63, 3.8) is 0 Å². The topological polar surface area (TPSA) is 118 Å². The standard InChI is InChI=1S/C34H30N4O4/c1-23(39)33(31(41)21-25-9-5-3-6-10-25)37-35-29-17-13-27(14-18-29)28-15-19-30(20-16-28)36-38-34(24(2)40)32(42)22-26-11-7-4-8-12-26/h3-20,33-34H,21-22H2,1-2H3. The van der Waals surface area contributed by atoms with Gasteiger partial charge < -0.3 is 0 Å². The molecule has 0 saturated carbocycles. The summed E-state index contributed by atoms with van der Waals surface area (Å²) in [6.07, 6.45) is 0.218. The van der Waals surface area contributed by atoms with Crippen molar-refractivity contribution in [1.29, 1.82) is 0 Å². The summed E-state index contributed by atoms with van der Waals surface area (Å²) < 4.78 is 0. The van der Waals surface area contributed by atoms with Gasteiger partial charge in [-0.15, -0.1) is 0 Å². The molecular formula is C34H30N4O4. The first-order valence-corrected chi connectivity index (χ1v) is 13.5. The zero-order chi connectivity index (χ0) is 29.9. The van der Waals surface area contributed by atoms with Crippen molar-refractivity contribution in [2.45, 2.75) is 38.8 Å². The largest absolute Gasteiger partial charge is 0.297 e. The third-order valence-electron chi connectivity index (χ3n) is 6.47. The van der Waals surface area contributed by atoms with E-state index in [2.05, 4.69) is 20.5 Å². The monoisotopic (exact) mass is 558 g/mol. The van der Waals surface area contributed by atoms with Crippen LogP contribution >= 0.6 is 0 Å². The molecule has 0 N–H and O–H groups in total. The maximum atomic E-state index is 12.6. The Labute approximate surface area is 244 Å². The lowest BCUT2D eigenvalue weighted by molar-refractivity contribution is -0.129. The number of rotatable bonds is 13. The second-order valence-electron chi connectivity index (χ2n) is 9.81. The molecule has 0 amide bonds. The highest BCUT2D eigenvalue weighted by Gasteiger charge is 2.24. The van der Waals surface area contributed by atoms with Crippen molar-refractivity contribution < 1.29 is 19.2 Å². The fourth-order valence-electron chi connectivity index (χ4n) is 4.22. The van der Waals surface area contributed by atoms with Crippen LogP contribution < -0.4 is 0 Å². The molecule has 4 aromatic carbocycles. The van der Waals surface area contributed by atoms with Crippen LogP contribution in [0.4, 0.5) is 11.4 Å². The fourth-order valence-corrected chi connectivity index (χ4v) is 4.22. The van der Waals surface area contributed by atoms with E-state index >= 15 is 0 Å². The lowest BCUT2D eigenvalue weighted by Crippen LogP contribution is -2.27. The smallest absolute Gasteiger partial charge is 0.187 e. The van der Waals surface area contributed by atoms with Gasteiger partial charge in [0.2, 0.25) is 0 Å². The number of ketones is 4. The minimum Gasteiger partial charge on any atom is -0.297 e. The summed E-state index contributed by atoms with van der Waals surface area (Å²) in [5.74, 6) is -1.32. The van der Waals surface area contributed by atoms with Gasteiger partial charge in [-0.05, 0) is 60.4 Å². The molecule has 0 heterocycles. The van der Waals surface area contributed by atoms with Crippen LogP contribution in [0.1, 0.15) is 25.0 Å². The van der Waals surface area contributed by atoms with Gasteiger partial charge in [-0.25, -0.2) is 0 Å². The molecule has 0 fully saturated rings. The maximum absolute atomic E-state index is 12.6. The second-order valence-corrected chi connectivity index (χ2v) is 9.81. The number of nitrogens with zero attached hydrogens (tertiary/aromatic N) is 4. The highest BCUT2D eigenvalue weighted by atomic mass is 16.2. The van der Waals surface area contributed by atoms with Crippen LogP contribution in [0.3, 0.4) is 0 Å². The summed E-state index contributed by atoms with van der Waals surface area (Å²) in [7, 11) is 0. The van der Waals surface area contributed by atoms with Gasteiger partial charge in [-0.3, -0.25) is 19.2 Å². The van der Waals surface area contributed by atoms with Gasteiger partial charge >= 0.3 is 0 Å². The quantitative estimate of drug-likeness (QED) is 0.129. The summed E-state index contributed by atoms with van der Waals surface area (Å²) in [6, 6.07) is 30.5. The molecule has 8 heteroatoms. The summed E-state index contributed by atoms with van der Waals surface area (Å²) in [4.78, 5) is 49.4. The first-order valence-electron chi connectivity index (χ1n) is 13.5. The normalized spacial score (nSPS) is 12.7. The fraction of sp³-hybridized carbons (Fsp3) is 0.176. The predicted octanol–water partition coefficient (Wildman–Crippen LogP) is 7.06. The third kappa shape index (κ3) is 8.38. The van der Waals surface area contributed by atoms with Crippen LogP contribution in [0.2, 0.25) is 0 Å². The van der Waals surface area contributed by atoms with Crippen LogP contribution in [0.15, 0.2) is 130 Å². The molecule has 0 radical (unpaired) electrons. The SMILES string of the molecule is CC(=O)C(N=Nc1ccc(-c2ccc(N=NC(C(C)=O)C(=O)Cc3ccccc3)cc2)cc1)C(=O)Cc1ccccc1. The van der Waals surface area contributed by atoms with Gasteiger partial charge in [0.1, 0.15) is 0 Å². The van der Waals surface area contributed by atoms with Gasteiger partial charge in [-0.2, -0.15) is 20.5 Å². The van der Waals surface area contributed by atoms with E-state index in [0.717, 1.165) is 22.3 Å². The van der Waals surface area contributed by atoms with Crippen molar-refractivity contribution >= 4 is 34.5 Å². The van der Waals surface area contributed by atoms with Crippen molar-refractivity contribution in [3.05, 3.63) is 120 Å². The Balaban J connectivity index is 1.39. The van der Waals surface area contributed by atoms with Crippen LogP contribution in [-0.4, -0.2) is 35.2 Å². The summed E-state index contributed by atoms with van der Waals surface area (Å²) in [6.45, 7) is 2.67. The molecule has 0 aliphatic carbocycles. The van der Waals surface area contributed by atoms with E-state index in [1.165, 1.54) is 13.8 Å². The Morgan fingerprint density at radius 3 is 1.14 bits per heavy atom. The molecule has 210 valence electrons. The number of carbonyl (C=O) groups is 4. The predicted molar refractivity (Wildman–Crippen MR) is 160 cm³/mol. The molecule has 2 unspecified atom stereocenters. The number of carbonyl (C=O) groups excluding carboxylic acids is 4. The first kappa shape index (κ1) is 29.7. The molecule has 0 saturated heterocycles. The Hall–Kier alpha value is -5.24. The number of hydrogen-bond acceptors (Lipinski definition) is 8. The number of azo groups is 2. The van der Waals surface area contributed by atoms with Crippen molar-refractivity contribution in [3.8, 4) is 11.1 Å². The van der Waals surface area contributed by atoms with Gasteiger partial charge in [0, 0.05) is 12.8 Å². The number of hydrogen-bond donors (Lipinski definition) is 0. The van der Waals surface area contributed by atoms with Gasteiger partial charge in [-0.1, -0.05) is 84.9 Å². The maximum Gasteiger partial charge on any atom is 0.187 e. The van der Waals surface area contributed by atoms with E-state index in [9.17, 15) is 19.2 Å². The highest BCUT2D eigenvalue weighted by molar-refractivity contribution is 6.06. The van der Waals surface area contributed by atoms with E-state index in [0.29, 0.717) is 11.4 Å². The molecule has 0 spiro atoms. The third-order valence-corrected chi connectivity index (χ3v) is 6.47. The van der Waals surface area contributed by atoms with E-state index < -0.39 is 12.1 Å². The summed E-state index contributed by atoms with van der Waals surface area (Å²) >= 11 is 0. The van der Waals surface area contributed by atoms with Crippen molar-refractivity contribution in [2.75, 3.05) is 0 Å². The van der Waals surface area contributed by atoms with Crippen molar-refractivity contribution in [1.82, 2.24) is 0 Å². The molecule has 4 aromatic rings.